The van der Waals surface area contributed by atoms with E-state index in [0.717, 1.165) is 33.4 Å². The molecule has 1 saturated carbocycles. The van der Waals surface area contributed by atoms with Gasteiger partial charge in [-0.2, -0.15) is 0 Å². The molecule has 6 aromatic carbocycles. The first-order valence-corrected chi connectivity index (χ1v) is 23.0. The Labute approximate surface area is 389 Å². The lowest BCUT2D eigenvalue weighted by Gasteiger charge is -2.49. The van der Waals surface area contributed by atoms with Crippen LogP contribution in [0, 0.1) is 5.92 Å². The van der Waals surface area contributed by atoms with Crippen molar-refractivity contribution >= 4 is 0 Å². The van der Waals surface area contributed by atoms with E-state index in [2.05, 4.69) is 0 Å². The molecule has 6 aromatic rings. The maximum absolute atomic E-state index is 12.4. The van der Waals surface area contributed by atoms with Crippen molar-refractivity contribution in [2.24, 2.45) is 5.92 Å². The Bertz CT molecular complexity index is 2220. The standard InChI is InChI=1S/C56H62O10/c1-58-56-55(64-38-46-30-18-7-19-31-46)54(63-37-45-28-16-6-17-29-45)52(49(66-56)40-60-34-42-22-10-3-11-23-42)65-48-32-47(39-59-33-41-20-8-2-9-21-41)50(57)53(62-36-44-26-14-5-15-27-44)51(48)61-35-43-24-12-4-13-25-43/h2-31,47-57H,32-40H2,1H3/t47-,48-,49-,50-,51+,52-,53+,54+,55-,56-/m1/s1. The molecule has 0 aromatic heterocycles. The monoisotopic (exact) mass is 894 g/mol. The minimum atomic E-state index is -0.942. The van der Waals surface area contributed by atoms with Crippen LogP contribution < -0.4 is 0 Å². The van der Waals surface area contributed by atoms with E-state index in [1.807, 2.05) is 182 Å². The van der Waals surface area contributed by atoms with Gasteiger partial charge in [0.2, 0.25) is 0 Å². The van der Waals surface area contributed by atoms with Crippen molar-refractivity contribution in [3.05, 3.63) is 215 Å². The molecule has 1 N–H and O–H groups in total. The van der Waals surface area contributed by atoms with Crippen LogP contribution in [0.5, 0.6) is 0 Å². The molecule has 1 aliphatic heterocycles. The van der Waals surface area contributed by atoms with Gasteiger partial charge in [-0.15, -0.1) is 0 Å². The fraction of sp³-hybridized carbons (Fsp3) is 0.357. The fourth-order valence-electron chi connectivity index (χ4n) is 8.71. The van der Waals surface area contributed by atoms with Crippen LogP contribution in [0.2, 0.25) is 0 Å². The topological polar surface area (TPSA) is 103 Å². The highest BCUT2D eigenvalue weighted by Crippen LogP contribution is 2.38. The van der Waals surface area contributed by atoms with Gasteiger partial charge in [0.25, 0.3) is 0 Å². The third-order valence-corrected chi connectivity index (χ3v) is 12.2. The molecule has 0 radical (unpaired) electrons. The Kier molecular flexibility index (Phi) is 18.1. The van der Waals surface area contributed by atoms with Crippen LogP contribution in [0.15, 0.2) is 182 Å². The Morgan fingerprint density at radius 2 is 0.788 bits per heavy atom. The molecule has 346 valence electrons. The first-order chi connectivity index (χ1) is 32.6. The smallest absolute Gasteiger partial charge is 0.186 e. The second-order valence-corrected chi connectivity index (χ2v) is 17.0. The number of aliphatic hydroxyl groups is 1. The molecule has 0 spiro atoms. The predicted molar refractivity (Wildman–Crippen MR) is 251 cm³/mol. The Morgan fingerprint density at radius 3 is 1.21 bits per heavy atom. The van der Waals surface area contributed by atoms with Gasteiger partial charge in [-0.3, -0.25) is 0 Å². The Morgan fingerprint density at radius 1 is 0.424 bits per heavy atom. The van der Waals surface area contributed by atoms with Gasteiger partial charge < -0.3 is 47.7 Å². The van der Waals surface area contributed by atoms with Gasteiger partial charge >= 0.3 is 0 Å². The lowest BCUT2D eigenvalue weighted by molar-refractivity contribution is -0.336. The van der Waals surface area contributed by atoms with E-state index in [1.54, 1.807) is 7.11 Å². The molecule has 1 aliphatic carbocycles. The van der Waals surface area contributed by atoms with E-state index in [1.165, 1.54) is 0 Å². The second-order valence-electron chi connectivity index (χ2n) is 17.0. The van der Waals surface area contributed by atoms with E-state index in [-0.39, 0.29) is 45.6 Å². The normalized spacial score (nSPS) is 25.4. The number of hydrogen-bond acceptors (Lipinski definition) is 10. The molecule has 10 nitrogen and oxygen atoms in total. The zero-order valence-electron chi connectivity index (χ0n) is 37.6. The summed E-state index contributed by atoms with van der Waals surface area (Å²) in [5.41, 5.74) is 6.01. The van der Waals surface area contributed by atoms with Gasteiger partial charge in [-0.25, -0.2) is 0 Å². The van der Waals surface area contributed by atoms with Gasteiger partial charge in [0, 0.05) is 13.0 Å². The summed E-state index contributed by atoms with van der Waals surface area (Å²) in [6.07, 6.45) is -6.39. The van der Waals surface area contributed by atoms with Crippen molar-refractivity contribution in [2.75, 3.05) is 20.3 Å². The molecular weight excluding hydrogens is 833 g/mol. The SMILES string of the molecule is CO[C@@H]1O[C@H](COCc2ccccc2)[C@@H](O[C@@H]2C[C@H](COCc3ccccc3)[C@@H](O)[C@H](OCc3ccccc3)[C@H]2OCc2ccccc2)[C@H](OCc2ccccc2)[C@H]1OCc1ccccc1. The molecule has 0 bridgehead atoms. The van der Waals surface area contributed by atoms with Crippen LogP contribution in [0.4, 0.5) is 0 Å². The Balaban J connectivity index is 1.15. The van der Waals surface area contributed by atoms with Gasteiger partial charge in [0.15, 0.2) is 6.29 Å². The Hall–Kier alpha value is -5.08. The van der Waals surface area contributed by atoms with Crippen LogP contribution in [-0.2, 0) is 82.3 Å². The number of methoxy groups -OCH3 is 1. The van der Waals surface area contributed by atoms with Crippen molar-refractivity contribution in [3.8, 4) is 0 Å². The molecule has 2 fully saturated rings. The van der Waals surface area contributed by atoms with E-state index >= 15 is 0 Å². The summed E-state index contributed by atoms with van der Waals surface area (Å²) in [6, 6.07) is 60.1. The molecule has 1 heterocycles. The van der Waals surface area contributed by atoms with Crippen LogP contribution in [-0.4, -0.2) is 80.6 Å². The van der Waals surface area contributed by atoms with Gasteiger partial charge in [-0.05, 0) is 39.8 Å². The predicted octanol–water partition coefficient (Wildman–Crippen LogP) is 9.27. The molecule has 10 atom stereocenters. The highest BCUT2D eigenvalue weighted by atomic mass is 16.7. The molecule has 10 heteroatoms. The molecule has 2 aliphatic rings. The summed E-state index contributed by atoms with van der Waals surface area (Å²) in [6.45, 7) is 2.28. The summed E-state index contributed by atoms with van der Waals surface area (Å²) in [5, 5.41) is 12.4. The van der Waals surface area contributed by atoms with Crippen molar-refractivity contribution < 1.29 is 47.7 Å². The van der Waals surface area contributed by atoms with E-state index in [9.17, 15) is 5.11 Å². The van der Waals surface area contributed by atoms with Crippen molar-refractivity contribution in [1.82, 2.24) is 0 Å². The number of ether oxygens (including phenoxy) is 9. The van der Waals surface area contributed by atoms with E-state index < -0.39 is 55.1 Å². The first-order valence-electron chi connectivity index (χ1n) is 23.0. The maximum atomic E-state index is 12.4. The number of rotatable bonds is 23. The summed E-state index contributed by atoms with van der Waals surface area (Å²) < 4.78 is 60.7. The summed E-state index contributed by atoms with van der Waals surface area (Å²) in [5.74, 6) is -0.381. The average Bonchev–Trinajstić information content (AvgIpc) is 3.37. The largest absolute Gasteiger partial charge is 0.390 e. The maximum Gasteiger partial charge on any atom is 0.186 e. The van der Waals surface area contributed by atoms with Crippen molar-refractivity contribution in [1.29, 1.82) is 0 Å². The van der Waals surface area contributed by atoms with Gasteiger partial charge in [0.1, 0.15) is 36.6 Å². The third kappa shape index (κ3) is 13.5. The minimum Gasteiger partial charge on any atom is -0.390 e. The first kappa shape index (κ1) is 47.4. The molecule has 1 saturated heterocycles. The quantitative estimate of drug-likeness (QED) is 0.0670. The molecule has 0 amide bonds. The average molecular weight is 895 g/mol. The minimum absolute atomic E-state index is 0.165. The lowest BCUT2D eigenvalue weighted by Crippen LogP contribution is -2.64. The van der Waals surface area contributed by atoms with Crippen LogP contribution in [0.3, 0.4) is 0 Å². The van der Waals surface area contributed by atoms with Crippen LogP contribution in [0.1, 0.15) is 39.8 Å². The zero-order valence-corrected chi connectivity index (χ0v) is 37.6. The van der Waals surface area contributed by atoms with Gasteiger partial charge in [-0.1, -0.05) is 182 Å². The molecule has 8 rings (SSSR count). The lowest BCUT2D eigenvalue weighted by atomic mass is 9.80. The molecular formula is C56H62O10. The van der Waals surface area contributed by atoms with Crippen LogP contribution in [0.25, 0.3) is 0 Å². The highest BCUT2D eigenvalue weighted by Gasteiger charge is 2.53. The number of hydrogen-bond donors (Lipinski definition) is 1. The molecule has 66 heavy (non-hydrogen) atoms. The molecule has 0 unspecified atom stereocenters. The fourth-order valence-corrected chi connectivity index (χ4v) is 8.71. The number of benzene rings is 6. The zero-order chi connectivity index (χ0) is 45.2. The second kappa shape index (κ2) is 25.2. The number of aliphatic hydroxyl groups excluding tert-OH is 1. The third-order valence-electron chi connectivity index (χ3n) is 12.2. The summed E-state index contributed by atoms with van der Waals surface area (Å²) in [4.78, 5) is 0. The highest BCUT2D eigenvalue weighted by molar-refractivity contribution is 5.18. The van der Waals surface area contributed by atoms with Crippen molar-refractivity contribution in [2.45, 2.75) is 101 Å². The van der Waals surface area contributed by atoms with Crippen LogP contribution >= 0.6 is 0 Å². The van der Waals surface area contributed by atoms with E-state index in [4.69, 9.17) is 42.6 Å². The summed E-state index contributed by atoms with van der Waals surface area (Å²) >= 11 is 0. The van der Waals surface area contributed by atoms with Gasteiger partial charge in [0.05, 0.1) is 65.1 Å². The summed E-state index contributed by atoms with van der Waals surface area (Å²) in [7, 11) is 1.62. The van der Waals surface area contributed by atoms with Crippen molar-refractivity contribution in [3.63, 3.8) is 0 Å². The van der Waals surface area contributed by atoms with E-state index in [0.29, 0.717) is 19.6 Å².